The van der Waals surface area contributed by atoms with Gasteiger partial charge in [0.15, 0.2) is 11.9 Å². The molecule has 0 unspecified atom stereocenters. The zero-order valence-corrected chi connectivity index (χ0v) is 18.0. The van der Waals surface area contributed by atoms with E-state index in [-0.39, 0.29) is 42.8 Å². The van der Waals surface area contributed by atoms with E-state index in [1.807, 2.05) is 0 Å². The lowest BCUT2D eigenvalue weighted by Crippen LogP contribution is -2.31. The van der Waals surface area contributed by atoms with Gasteiger partial charge in [0.05, 0.1) is 5.56 Å². The van der Waals surface area contributed by atoms with E-state index in [1.165, 1.54) is 12.4 Å². The Morgan fingerprint density at radius 3 is 2.28 bits per heavy atom. The minimum Gasteiger partial charge on any atom is -0.384 e. The third kappa shape index (κ3) is 5.83. The molecule has 1 aromatic heterocycles. The first-order valence-electron chi connectivity index (χ1n) is 9.49. The van der Waals surface area contributed by atoms with E-state index in [9.17, 15) is 13.6 Å². The number of nitrogens with two attached hydrogens (primary N) is 1. The number of carbonyl (C=O) groups excluding carboxylic acids is 1. The summed E-state index contributed by atoms with van der Waals surface area (Å²) in [6, 6.07) is 10.4. The summed E-state index contributed by atoms with van der Waals surface area (Å²) in [4.78, 5) is 20.7. The van der Waals surface area contributed by atoms with Gasteiger partial charge in [-0.1, -0.05) is 24.3 Å². The number of aromatic nitrogens is 2. The van der Waals surface area contributed by atoms with Crippen LogP contribution in [0.1, 0.15) is 29.7 Å². The molecule has 0 aliphatic rings. The first kappa shape index (κ1) is 24.8. The number of ether oxygens (including phenoxy) is 1. The molecule has 0 fully saturated rings. The number of halogens is 3. The van der Waals surface area contributed by atoms with E-state index in [0.29, 0.717) is 5.56 Å². The van der Waals surface area contributed by atoms with Crippen molar-refractivity contribution in [2.24, 2.45) is 5.73 Å². The number of carbonyl (C=O) groups is 1. The molecule has 10 heteroatoms. The normalized spacial score (nSPS) is 11.3. The van der Waals surface area contributed by atoms with Crippen LogP contribution in [0.5, 0.6) is 0 Å². The number of hydrogen-bond acceptors (Lipinski definition) is 5. The van der Waals surface area contributed by atoms with Crippen LogP contribution in [-0.4, -0.2) is 28.3 Å². The zero-order valence-electron chi connectivity index (χ0n) is 17.1. The Hall–Kier alpha value is -3.43. The molecule has 0 aliphatic heterocycles. The second-order valence-electron chi connectivity index (χ2n) is 6.59. The molecule has 1 atom stereocenters. The fraction of sp³-hybridized carbons (Fsp3) is 0.182. The zero-order chi connectivity index (χ0) is 22.4. The Morgan fingerprint density at radius 2 is 1.75 bits per heavy atom. The van der Waals surface area contributed by atoms with Gasteiger partial charge in [-0.2, -0.15) is 0 Å². The molecular formula is C22H22ClF2N5O2. The predicted molar refractivity (Wildman–Crippen MR) is 118 cm³/mol. The predicted octanol–water partition coefficient (Wildman–Crippen LogP) is 3.52. The molecule has 3 rings (SSSR count). The molecular weight excluding hydrogens is 440 g/mol. The van der Waals surface area contributed by atoms with Crippen molar-refractivity contribution >= 4 is 24.1 Å². The second kappa shape index (κ2) is 11.3. The Morgan fingerprint density at radius 1 is 1.16 bits per heavy atom. The van der Waals surface area contributed by atoms with E-state index in [4.69, 9.17) is 15.9 Å². The summed E-state index contributed by atoms with van der Waals surface area (Å²) in [5.74, 6) is -2.44. The molecule has 0 saturated heterocycles. The number of amidine groups is 1. The summed E-state index contributed by atoms with van der Waals surface area (Å²) in [6.07, 6.45) is 1.46. The first-order chi connectivity index (χ1) is 14.9. The molecule has 0 bridgehead atoms. The van der Waals surface area contributed by atoms with Crippen molar-refractivity contribution in [3.8, 4) is 11.4 Å². The van der Waals surface area contributed by atoms with Gasteiger partial charge >= 0.3 is 0 Å². The van der Waals surface area contributed by atoms with E-state index < -0.39 is 29.2 Å². The Bertz CT molecular complexity index is 1060. The topological polar surface area (TPSA) is 114 Å². The van der Waals surface area contributed by atoms with Crippen molar-refractivity contribution in [3.05, 3.63) is 83.2 Å². The molecule has 1 heterocycles. The molecule has 168 valence electrons. The van der Waals surface area contributed by atoms with Gasteiger partial charge in [-0.25, -0.2) is 18.7 Å². The SMILES string of the molecule is CCO[C@H](C(=O)NCc1ccc(C(=N)N)cc1)c1c(F)cc(-c2ncccn2)cc1F.Cl. The largest absolute Gasteiger partial charge is 0.384 e. The highest BCUT2D eigenvalue weighted by Gasteiger charge is 2.28. The fourth-order valence-corrected chi connectivity index (χ4v) is 2.95. The highest BCUT2D eigenvalue weighted by atomic mass is 35.5. The van der Waals surface area contributed by atoms with Crippen LogP contribution in [-0.2, 0) is 16.1 Å². The van der Waals surface area contributed by atoms with Gasteiger partial charge in [0.25, 0.3) is 5.91 Å². The summed E-state index contributed by atoms with van der Waals surface area (Å²) in [5, 5.41) is 10.0. The van der Waals surface area contributed by atoms with E-state index >= 15 is 0 Å². The number of nitrogen functional groups attached to an aromatic ring is 1. The van der Waals surface area contributed by atoms with Crippen LogP contribution >= 0.6 is 12.4 Å². The van der Waals surface area contributed by atoms with Gasteiger partial charge in [-0.05, 0) is 30.7 Å². The molecule has 7 nitrogen and oxygen atoms in total. The smallest absolute Gasteiger partial charge is 0.254 e. The van der Waals surface area contributed by atoms with E-state index in [2.05, 4.69) is 15.3 Å². The summed E-state index contributed by atoms with van der Waals surface area (Å²) in [5.41, 5.74) is 6.37. The lowest BCUT2D eigenvalue weighted by Gasteiger charge is -2.19. The van der Waals surface area contributed by atoms with Crippen LogP contribution in [0, 0.1) is 17.0 Å². The molecule has 2 aromatic carbocycles. The van der Waals surface area contributed by atoms with Crippen LogP contribution in [0.2, 0.25) is 0 Å². The van der Waals surface area contributed by atoms with Gasteiger partial charge in [0, 0.05) is 36.7 Å². The summed E-state index contributed by atoms with van der Waals surface area (Å²) in [7, 11) is 0. The fourth-order valence-electron chi connectivity index (χ4n) is 2.95. The van der Waals surface area contributed by atoms with Crippen LogP contribution in [0.4, 0.5) is 8.78 Å². The molecule has 3 aromatic rings. The number of benzene rings is 2. The summed E-state index contributed by atoms with van der Waals surface area (Å²) >= 11 is 0. The quantitative estimate of drug-likeness (QED) is 0.351. The Kier molecular flexibility index (Phi) is 8.74. The molecule has 0 radical (unpaired) electrons. The van der Waals surface area contributed by atoms with Crippen molar-refractivity contribution in [1.82, 2.24) is 15.3 Å². The first-order valence-corrected chi connectivity index (χ1v) is 9.49. The summed E-state index contributed by atoms with van der Waals surface area (Å²) < 4.78 is 35.0. The van der Waals surface area contributed by atoms with Gasteiger partial charge in [0.1, 0.15) is 17.5 Å². The molecule has 0 spiro atoms. The molecule has 1 amide bonds. The number of rotatable bonds is 8. The number of hydrogen-bond donors (Lipinski definition) is 3. The maximum absolute atomic E-state index is 14.8. The minimum atomic E-state index is -1.47. The highest BCUT2D eigenvalue weighted by Crippen LogP contribution is 2.28. The number of nitrogens with zero attached hydrogens (tertiary/aromatic N) is 2. The van der Waals surface area contributed by atoms with Crippen LogP contribution in [0.25, 0.3) is 11.4 Å². The number of amides is 1. The van der Waals surface area contributed by atoms with Gasteiger partial charge in [-0.15, -0.1) is 12.4 Å². The van der Waals surface area contributed by atoms with Gasteiger partial charge < -0.3 is 15.8 Å². The third-order valence-corrected chi connectivity index (χ3v) is 4.47. The average molecular weight is 462 g/mol. The van der Waals surface area contributed by atoms with Crippen molar-refractivity contribution in [3.63, 3.8) is 0 Å². The van der Waals surface area contributed by atoms with E-state index in [0.717, 1.165) is 17.7 Å². The van der Waals surface area contributed by atoms with Crippen molar-refractivity contribution in [2.45, 2.75) is 19.6 Å². The highest BCUT2D eigenvalue weighted by molar-refractivity contribution is 5.94. The second-order valence-corrected chi connectivity index (χ2v) is 6.59. The monoisotopic (exact) mass is 461 g/mol. The Labute approximate surface area is 190 Å². The van der Waals surface area contributed by atoms with Crippen molar-refractivity contribution in [1.29, 1.82) is 5.41 Å². The number of nitrogens with one attached hydrogen (secondary N) is 2. The van der Waals surface area contributed by atoms with Gasteiger partial charge in [-0.3, -0.25) is 10.2 Å². The molecule has 4 N–H and O–H groups in total. The lowest BCUT2D eigenvalue weighted by molar-refractivity contribution is -0.133. The standard InChI is InChI=1S/C22H21F2N5O2.ClH/c1-2-31-19(22(30)29-12-13-4-6-14(7-5-13)20(25)26)18-16(23)10-15(11-17(18)24)21-27-8-3-9-28-21;/h3-11,19H,2,12H2,1H3,(H3,25,26)(H,29,30);1H/t19-;/m0./s1. The third-order valence-electron chi connectivity index (χ3n) is 4.47. The molecule has 0 saturated carbocycles. The van der Waals surface area contributed by atoms with Crippen LogP contribution in [0.3, 0.4) is 0 Å². The molecule has 0 aliphatic carbocycles. The maximum atomic E-state index is 14.8. The summed E-state index contributed by atoms with van der Waals surface area (Å²) in [6.45, 7) is 1.82. The van der Waals surface area contributed by atoms with E-state index in [1.54, 1.807) is 37.3 Å². The van der Waals surface area contributed by atoms with Gasteiger partial charge in [0.2, 0.25) is 0 Å². The molecule has 32 heavy (non-hydrogen) atoms. The van der Waals surface area contributed by atoms with Crippen LogP contribution in [0.15, 0.2) is 54.9 Å². The maximum Gasteiger partial charge on any atom is 0.254 e. The van der Waals surface area contributed by atoms with Crippen molar-refractivity contribution in [2.75, 3.05) is 6.61 Å². The Balaban J connectivity index is 0.00000363. The van der Waals surface area contributed by atoms with Crippen molar-refractivity contribution < 1.29 is 18.3 Å². The van der Waals surface area contributed by atoms with Crippen LogP contribution < -0.4 is 11.1 Å². The lowest BCUT2D eigenvalue weighted by atomic mass is 10.0. The minimum absolute atomic E-state index is 0. The average Bonchev–Trinajstić information content (AvgIpc) is 2.77.